The largest absolute Gasteiger partial charge is 0.484 e. The fourth-order valence-corrected chi connectivity index (χ4v) is 13.4. The molecular formula is C86H92N8O15S2. The lowest BCUT2D eigenvalue weighted by Crippen LogP contribution is -2.43. The quantitative estimate of drug-likeness (QED) is 0.0194. The number of nitrogens with one attached hydrogen (secondary N) is 5. The number of nitrogens with zero attached hydrogens (tertiary/aromatic N) is 3. The van der Waals surface area contributed by atoms with Crippen LogP contribution in [-0.2, 0) is 53.9 Å². The summed E-state index contributed by atoms with van der Waals surface area (Å²) in [6, 6.07) is 65.8. The molecule has 2 aliphatic rings. The molecule has 1 fully saturated rings. The molecule has 0 atom stereocenters. The molecule has 0 radical (unpaired) electrons. The Hall–Kier alpha value is -11.2. The normalized spacial score (nSPS) is 14.2. The Morgan fingerprint density at radius 2 is 0.685 bits per heavy atom. The first-order valence-corrected chi connectivity index (χ1v) is 38.4. The first kappa shape index (κ1) is 80.8. The fourth-order valence-electron chi connectivity index (χ4n) is 12.2. The number of hydrogen-bond acceptors (Lipinski definition) is 19. The summed E-state index contributed by atoms with van der Waals surface area (Å²) in [4.78, 5) is 94.8. The van der Waals surface area contributed by atoms with E-state index in [1.165, 1.54) is 16.7 Å². The highest BCUT2D eigenvalue weighted by molar-refractivity contribution is 8.23. The Morgan fingerprint density at radius 1 is 0.378 bits per heavy atom. The number of carbonyl (C=O) groups excluding carboxylic acids is 6. The van der Waals surface area contributed by atoms with E-state index in [9.17, 15) is 19.2 Å². The van der Waals surface area contributed by atoms with Gasteiger partial charge in [0, 0.05) is 91.4 Å². The van der Waals surface area contributed by atoms with Gasteiger partial charge < -0.3 is 69.2 Å². The lowest BCUT2D eigenvalue weighted by molar-refractivity contribution is 0.0196. The Bertz CT molecular complexity index is 4340. The summed E-state index contributed by atoms with van der Waals surface area (Å²) in [6.07, 6.45) is 0. The Kier molecular flexibility index (Phi) is 31.5. The van der Waals surface area contributed by atoms with Crippen molar-refractivity contribution in [1.29, 1.82) is 0 Å². The molecule has 0 saturated carbocycles. The second-order valence-corrected chi connectivity index (χ2v) is 27.6. The number of thiocarbonyl (C=S) groups is 1. The molecule has 2 aliphatic heterocycles. The van der Waals surface area contributed by atoms with Gasteiger partial charge in [-0.3, -0.25) is 43.5 Å². The van der Waals surface area contributed by atoms with Crippen LogP contribution in [0.3, 0.4) is 0 Å². The average molecular weight is 1540 g/mol. The number of methoxy groups -OCH3 is 1. The molecule has 11 rings (SSSR count). The van der Waals surface area contributed by atoms with Gasteiger partial charge in [-0.15, -0.1) is 0 Å². The van der Waals surface area contributed by atoms with Crippen LogP contribution in [0.4, 0.5) is 0 Å². The van der Waals surface area contributed by atoms with Gasteiger partial charge in [-0.25, -0.2) is 0 Å². The van der Waals surface area contributed by atoms with E-state index in [2.05, 4.69) is 26.6 Å². The SMILES string of the molecule is COCCOCCOCCN1CCNC(=O)c2ccc(c(OCc3ccccc3)c2OCc2ccccc2)C(=O)NCCN(CCNC(=O)c2ccc(C(=O)N3CCSC3=S)c(OCc3ccccc3)c2OCc2ccccc2)CCNC(=O)c2ccc(c(OCc3ccccc3)c2OCc2ccccc2)C(=O)NCC1. The molecule has 9 aromatic rings. The maximum absolute atomic E-state index is 15.0. The zero-order valence-electron chi connectivity index (χ0n) is 62.0. The molecule has 0 aromatic heterocycles. The molecule has 9 aromatic carbocycles. The summed E-state index contributed by atoms with van der Waals surface area (Å²) in [6.45, 7) is 4.29. The molecule has 5 N–H and O–H groups in total. The van der Waals surface area contributed by atoms with Crippen LogP contribution < -0.4 is 55.0 Å². The van der Waals surface area contributed by atoms with Crippen LogP contribution in [-0.4, -0.2) is 179 Å². The molecule has 0 unspecified atom stereocenters. The van der Waals surface area contributed by atoms with Crippen molar-refractivity contribution in [3.8, 4) is 34.5 Å². The number of thioether (sulfide) groups is 1. The lowest BCUT2D eigenvalue weighted by atomic mass is 10.1. The number of benzene rings is 9. The van der Waals surface area contributed by atoms with Crippen molar-refractivity contribution < 1.29 is 71.4 Å². The standard InChI is InChI=1S/C86H92N8O15S2/c1-101-51-52-103-54-53-102-50-48-93-46-41-90-82(97)70-34-32-68(74(104-56-62-20-8-2-9-21-62)76(70)106-58-64-24-12-4-13-25-64)80(95)87-38-43-92(44-39-88-81(96)69-33-35-71(83(98)91-42-47-93)77(107-59-65-26-14-5-15-27-65)75(69)105-57-63-22-10-3-11-23-63)45-40-89-84(99)72-36-37-73(85(100)94-49-55-111-86(94)110)79(109-61-67-30-18-7-19-31-67)78(72)108-60-66-28-16-6-17-29-66/h2-37H,38-61H2,1H3,(H,87,95)(H,88,96)(H,89,99)(H,90,97)(H,91,98). The molecule has 578 valence electrons. The van der Waals surface area contributed by atoms with Gasteiger partial charge in [0.25, 0.3) is 35.4 Å². The van der Waals surface area contributed by atoms with Crippen LogP contribution >= 0.6 is 24.0 Å². The van der Waals surface area contributed by atoms with Crippen molar-refractivity contribution in [2.45, 2.75) is 39.6 Å². The van der Waals surface area contributed by atoms with Crippen molar-refractivity contribution in [1.82, 2.24) is 41.3 Å². The number of rotatable bonds is 32. The molecule has 25 heteroatoms. The molecule has 6 amide bonds. The third-order valence-electron chi connectivity index (χ3n) is 18.1. The van der Waals surface area contributed by atoms with Gasteiger partial charge in [0.05, 0.1) is 66.4 Å². The predicted octanol–water partition coefficient (Wildman–Crippen LogP) is 11.0. The van der Waals surface area contributed by atoms with E-state index in [4.69, 9.17) is 54.8 Å². The minimum absolute atomic E-state index is 0.00993. The third-order valence-corrected chi connectivity index (χ3v) is 19.5. The van der Waals surface area contributed by atoms with Gasteiger partial charge in [-0.1, -0.05) is 206 Å². The van der Waals surface area contributed by atoms with E-state index < -0.39 is 35.4 Å². The molecule has 23 nitrogen and oxygen atoms in total. The molecule has 1 saturated heterocycles. The molecular weight excluding hydrogens is 1450 g/mol. The summed E-state index contributed by atoms with van der Waals surface area (Å²) in [5.41, 5.74) is 5.45. The zero-order chi connectivity index (χ0) is 77.2. The monoisotopic (exact) mass is 1540 g/mol. The maximum Gasteiger partial charge on any atom is 0.263 e. The van der Waals surface area contributed by atoms with Gasteiger partial charge in [-0.2, -0.15) is 0 Å². The van der Waals surface area contributed by atoms with Crippen LogP contribution in [0.25, 0.3) is 0 Å². The average Bonchev–Trinajstić information content (AvgIpc) is 1.42. The second-order valence-electron chi connectivity index (χ2n) is 25.9. The van der Waals surface area contributed by atoms with Crippen molar-refractivity contribution in [3.05, 3.63) is 285 Å². The Morgan fingerprint density at radius 3 is 1.02 bits per heavy atom. The first-order valence-electron chi connectivity index (χ1n) is 37.0. The van der Waals surface area contributed by atoms with Gasteiger partial charge in [0.2, 0.25) is 0 Å². The maximum atomic E-state index is 15.0. The highest BCUT2D eigenvalue weighted by atomic mass is 32.2. The van der Waals surface area contributed by atoms with Crippen LogP contribution in [0.5, 0.6) is 34.5 Å². The number of ether oxygens (including phenoxy) is 9. The van der Waals surface area contributed by atoms with Gasteiger partial charge >= 0.3 is 0 Å². The number of amides is 6. The summed E-state index contributed by atoms with van der Waals surface area (Å²) in [5, 5.41) is 15.4. The minimum Gasteiger partial charge on any atom is -0.484 e. The molecule has 0 aliphatic carbocycles. The van der Waals surface area contributed by atoms with Crippen molar-refractivity contribution >= 4 is 63.7 Å². The van der Waals surface area contributed by atoms with E-state index in [0.29, 0.717) is 69.3 Å². The Balaban J connectivity index is 0.923. The number of fused-ring (bicyclic) bond motifs is 6. The predicted molar refractivity (Wildman–Crippen MR) is 428 cm³/mol. The van der Waals surface area contributed by atoms with E-state index >= 15 is 9.59 Å². The summed E-state index contributed by atoms with van der Waals surface area (Å²) < 4.78 is 56.8. The van der Waals surface area contributed by atoms with E-state index in [-0.39, 0.29) is 160 Å². The van der Waals surface area contributed by atoms with Crippen LogP contribution in [0.2, 0.25) is 0 Å². The van der Waals surface area contributed by atoms with Crippen LogP contribution in [0.1, 0.15) is 95.5 Å². The second kappa shape index (κ2) is 43.3. The third kappa shape index (κ3) is 24.2. The summed E-state index contributed by atoms with van der Waals surface area (Å²) >= 11 is 7.03. The Labute approximate surface area is 656 Å². The van der Waals surface area contributed by atoms with E-state index in [1.54, 1.807) is 43.5 Å². The van der Waals surface area contributed by atoms with E-state index in [0.717, 1.165) is 33.4 Å². The fraction of sp³-hybridized carbons (Fsp3) is 0.291. The molecule has 2 heterocycles. The number of carbonyl (C=O) groups is 6. The van der Waals surface area contributed by atoms with E-state index in [1.807, 2.05) is 192 Å². The smallest absolute Gasteiger partial charge is 0.263 e. The number of hydrogen-bond donors (Lipinski definition) is 5. The molecule has 0 spiro atoms. The summed E-state index contributed by atoms with van der Waals surface area (Å²) in [7, 11) is 1.61. The van der Waals surface area contributed by atoms with Crippen LogP contribution in [0.15, 0.2) is 218 Å². The van der Waals surface area contributed by atoms with Gasteiger partial charge in [0.15, 0.2) is 34.5 Å². The van der Waals surface area contributed by atoms with Crippen molar-refractivity contribution in [2.24, 2.45) is 0 Å². The van der Waals surface area contributed by atoms with Crippen LogP contribution in [0, 0.1) is 0 Å². The van der Waals surface area contributed by atoms with Gasteiger partial charge in [0.1, 0.15) is 44.0 Å². The highest BCUT2D eigenvalue weighted by Crippen LogP contribution is 2.41. The minimum atomic E-state index is -0.540. The first-order chi connectivity index (χ1) is 54.5. The zero-order valence-corrected chi connectivity index (χ0v) is 63.7. The van der Waals surface area contributed by atoms with Crippen molar-refractivity contribution in [2.75, 3.05) is 124 Å². The molecule has 111 heavy (non-hydrogen) atoms. The van der Waals surface area contributed by atoms with Crippen molar-refractivity contribution in [3.63, 3.8) is 0 Å². The lowest BCUT2D eigenvalue weighted by Gasteiger charge is -2.25. The topological polar surface area (TPSA) is 255 Å². The molecule has 4 bridgehead atoms. The highest BCUT2D eigenvalue weighted by Gasteiger charge is 2.33. The van der Waals surface area contributed by atoms with Gasteiger partial charge in [-0.05, 0) is 69.8 Å². The summed E-state index contributed by atoms with van der Waals surface area (Å²) in [5.74, 6) is -2.09.